The third kappa shape index (κ3) is 5.11. The van der Waals surface area contributed by atoms with Crippen LogP contribution < -0.4 is 10.6 Å². The van der Waals surface area contributed by atoms with Crippen LogP contribution in [0.25, 0.3) is 0 Å². The van der Waals surface area contributed by atoms with Gasteiger partial charge in [-0.2, -0.15) is 0 Å². The molecule has 22 heavy (non-hydrogen) atoms. The van der Waals surface area contributed by atoms with Crippen LogP contribution in [0.4, 0.5) is 5.82 Å². The van der Waals surface area contributed by atoms with E-state index in [0.717, 1.165) is 17.8 Å². The molecule has 1 heterocycles. The summed E-state index contributed by atoms with van der Waals surface area (Å²) >= 11 is 5.45. The molecule has 0 unspecified atom stereocenters. The number of hydrogen-bond acceptors (Lipinski definition) is 2. The average Bonchev–Trinajstić information content (AvgIpc) is 2.47. The van der Waals surface area contributed by atoms with Crippen LogP contribution in [-0.2, 0) is 0 Å². The topological polar surface area (TPSA) is 37.0 Å². The fourth-order valence-corrected chi connectivity index (χ4v) is 2.60. The maximum absolute atomic E-state index is 5.45. The quantitative estimate of drug-likeness (QED) is 0.799. The molecule has 0 radical (unpaired) electrons. The van der Waals surface area contributed by atoms with Gasteiger partial charge in [-0.15, -0.1) is 0 Å². The van der Waals surface area contributed by atoms with Crippen LogP contribution in [0.2, 0.25) is 0 Å². The van der Waals surface area contributed by atoms with E-state index in [1.807, 2.05) is 25.1 Å². The van der Waals surface area contributed by atoms with Gasteiger partial charge in [0.05, 0.1) is 6.04 Å². The summed E-state index contributed by atoms with van der Waals surface area (Å²) in [5, 5.41) is 7.18. The van der Waals surface area contributed by atoms with E-state index in [4.69, 9.17) is 12.2 Å². The maximum atomic E-state index is 5.45. The molecular weight excluding hydrogens is 290 g/mol. The smallest absolute Gasteiger partial charge is 0.172 e. The van der Waals surface area contributed by atoms with Gasteiger partial charge in [-0.1, -0.05) is 44.2 Å². The molecule has 0 aliphatic carbocycles. The first-order valence-corrected chi connectivity index (χ1v) is 8.00. The Morgan fingerprint density at radius 3 is 2.55 bits per heavy atom. The van der Waals surface area contributed by atoms with Crippen LogP contribution in [0.5, 0.6) is 0 Å². The Hall–Kier alpha value is -1.94. The minimum atomic E-state index is 0.200. The summed E-state index contributed by atoms with van der Waals surface area (Å²) in [6.07, 6.45) is 2.80. The molecule has 2 N–H and O–H groups in total. The van der Waals surface area contributed by atoms with Gasteiger partial charge in [-0.05, 0) is 54.7 Å². The first kappa shape index (κ1) is 16.4. The molecule has 0 fully saturated rings. The minimum absolute atomic E-state index is 0.200. The molecule has 4 heteroatoms. The molecule has 0 aliphatic heterocycles. The van der Waals surface area contributed by atoms with Crippen molar-refractivity contribution >= 4 is 23.1 Å². The molecule has 1 aromatic heterocycles. The summed E-state index contributed by atoms with van der Waals surface area (Å²) in [5.41, 5.74) is 2.40. The lowest BCUT2D eigenvalue weighted by molar-refractivity contribution is 0.481. The van der Waals surface area contributed by atoms with Gasteiger partial charge >= 0.3 is 0 Å². The van der Waals surface area contributed by atoms with Crippen molar-refractivity contribution in [2.45, 2.75) is 33.2 Å². The largest absolute Gasteiger partial charge is 0.356 e. The van der Waals surface area contributed by atoms with Gasteiger partial charge in [0.2, 0.25) is 0 Å². The van der Waals surface area contributed by atoms with Crippen LogP contribution in [0, 0.1) is 12.8 Å². The molecule has 2 rings (SSSR count). The lowest BCUT2D eigenvalue weighted by atomic mass is 9.97. The van der Waals surface area contributed by atoms with Crippen LogP contribution in [0.3, 0.4) is 0 Å². The second kappa shape index (κ2) is 7.90. The van der Waals surface area contributed by atoms with E-state index in [-0.39, 0.29) is 6.04 Å². The van der Waals surface area contributed by atoms with E-state index >= 15 is 0 Å². The fourth-order valence-electron chi connectivity index (χ4n) is 2.35. The Morgan fingerprint density at radius 1 is 1.18 bits per heavy atom. The van der Waals surface area contributed by atoms with E-state index in [9.17, 15) is 0 Å². The molecule has 0 saturated carbocycles. The molecule has 116 valence electrons. The Labute approximate surface area is 138 Å². The molecule has 0 saturated heterocycles. The van der Waals surface area contributed by atoms with Crippen LogP contribution in [-0.4, -0.2) is 10.1 Å². The van der Waals surface area contributed by atoms with E-state index < -0.39 is 0 Å². The number of hydrogen-bond donors (Lipinski definition) is 2. The van der Waals surface area contributed by atoms with E-state index in [0.29, 0.717) is 11.0 Å². The number of nitrogens with zero attached hydrogens (tertiary/aromatic N) is 1. The van der Waals surface area contributed by atoms with E-state index in [2.05, 4.69) is 53.7 Å². The summed E-state index contributed by atoms with van der Waals surface area (Å²) in [6, 6.07) is 14.6. The standard InChI is InChI=1S/C18H23N3S/c1-13(2)11-16(15-7-5-4-6-8-15)20-18(22)21-17-12-14(3)9-10-19-17/h4-10,12-13,16H,11H2,1-3H3,(H2,19,20,21,22)/t16-/m1/s1. The van der Waals surface area contributed by atoms with Crippen molar-refractivity contribution in [1.82, 2.24) is 10.3 Å². The number of nitrogens with one attached hydrogen (secondary N) is 2. The number of pyridine rings is 1. The van der Waals surface area contributed by atoms with Crippen molar-refractivity contribution in [2.24, 2.45) is 5.92 Å². The molecule has 1 atom stereocenters. The lowest BCUT2D eigenvalue weighted by Crippen LogP contribution is -2.33. The number of anilines is 1. The molecule has 0 amide bonds. The number of aryl methyl sites for hydroxylation is 1. The molecular formula is C18H23N3S. The highest BCUT2D eigenvalue weighted by molar-refractivity contribution is 7.80. The lowest BCUT2D eigenvalue weighted by Gasteiger charge is -2.23. The van der Waals surface area contributed by atoms with Crippen molar-refractivity contribution in [3.63, 3.8) is 0 Å². The van der Waals surface area contributed by atoms with E-state index in [1.54, 1.807) is 6.20 Å². The predicted molar refractivity (Wildman–Crippen MR) is 97.0 cm³/mol. The van der Waals surface area contributed by atoms with Gasteiger partial charge in [0, 0.05) is 6.20 Å². The Morgan fingerprint density at radius 2 is 1.91 bits per heavy atom. The van der Waals surface area contributed by atoms with Gasteiger partial charge < -0.3 is 10.6 Å². The van der Waals surface area contributed by atoms with Crippen LogP contribution in [0.15, 0.2) is 48.7 Å². The van der Waals surface area contributed by atoms with Crippen LogP contribution >= 0.6 is 12.2 Å². The van der Waals surface area contributed by atoms with Gasteiger partial charge in [0.1, 0.15) is 5.82 Å². The molecule has 0 aliphatic rings. The number of aromatic nitrogens is 1. The Bertz CT molecular complexity index is 611. The summed E-state index contributed by atoms with van der Waals surface area (Å²) in [5.74, 6) is 1.35. The number of rotatable bonds is 5. The number of benzene rings is 1. The third-order valence-electron chi connectivity index (χ3n) is 3.37. The summed E-state index contributed by atoms with van der Waals surface area (Å²) in [4.78, 5) is 4.28. The summed E-state index contributed by atoms with van der Waals surface area (Å²) in [7, 11) is 0. The Balaban J connectivity index is 2.05. The summed E-state index contributed by atoms with van der Waals surface area (Å²) < 4.78 is 0. The zero-order chi connectivity index (χ0) is 15.9. The van der Waals surface area contributed by atoms with Crippen molar-refractivity contribution < 1.29 is 0 Å². The van der Waals surface area contributed by atoms with Crippen molar-refractivity contribution in [3.8, 4) is 0 Å². The van der Waals surface area contributed by atoms with Gasteiger partial charge in [-0.3, -0.25) is 0 Å². The van der Waals surface area contributed by atoms with Crippen LogP contribution in [0.1, 0.15) is 37.4 Å². The van der Waals surface area contributed by atoms with E-state index in [1.165, 1.54) is 5.56 Å². The fraction of sp³-hybridized carbons (Fsp3) is 0.333. The van der Waals surface area contributed by atoms with Gasteiger partial charge in [0.15, 0.2) is 5.11 Å². The highest BCUT2D eigenvalue weighted by atomic mass is 32.1. The molecule has 1 aromatic carbocycles. The first-order chi connectivity index (χ1) is 10.5. The highest BCUT2D eigenvalue weighted by Gasteiger charge is 2.14. The zero-order valence-corrected chi connectivity index (χ0v) is 14.2. The van der Waals surface area contributed by atoms with Crippen molar-refractivity contribution in [3.05, 3.63) is 59.8 Å². The third-order valence-corrected chi connectivity index (χ3v) is 3.59. The molecule has 0 spiro atoms. The minimum Gasteiger partial charge on any atom is -0.356 e. The average molecular weight is 313 g/mol. The summed E-state index contributed by atoms with van der Waals surface area (Å²) in [6.45, 7) is 6.47. The van der Waals surface area contributed by atoms with Crippen molar-refractivity contribution in [1.29, 1.82) is 0 Å². The SMILES string of the molecule is Cc1ccnc(NC(=S)N[C@H](CC(C)C)c2ccccc2)c1. The Kier molecular flexibility index (Phi) is 5.90. The normalized spacial score (nSPS) is 12.0. The van der Waals surface area contributed by atoms with Crippen molar-refractivity contribution in [2.75, 3.05) is 5.32 Å². The highest BCUT2D eigenvalue weighted by Crippen LogP contribution is 2.21. The zero-order valence-electron chi connectivity index (χ0n) is 13.3. The molecule has 3 nitrogen and oxygen atoms in total. The maximum Gasteiger partial charge on any atom is 0.172 e. The predicted octanol–water partition coefficient (Wildman–Crippen LogP) is 4.46. The monoisotopic (exact) mass is 313 g/mol. The van der Waals surface area contributed by atoms with Gasteiger partial charge in [-0.25, -0.2) is 4.98 Å². The van der Waals surface area contributed by atoms with Gasteiger partial charge in [0.25, 0.3) is 0 Å². The first-order valence-electron chi connectivity index (χ1n) is 7.59. The second-order valence-corrected chi connectivity index (χ2v) is 6.32. The number of thiocarbonyl (C=S) groups is 1. The second-order valence-electron chi connectivity index (χ2n) is 5.91. The molecule has 0 bridgehead atoms. The molecule has 2 aromatic rings.